The van der Waals surface area contributed by atoms with E-state index in [2.05, 4.69) is 5.32 Å². The van der Waals surface area contributed by atoms with Gasteiger partial charge in [0.25, 0.3) is 0 Å². The number of hydrogen-bond acceptors (Lipinski definition) is 11. The van der Waals surface area contributed by atoms with Crippen molar-refractivity contribution in [1.29, 1.82) is 0 Å². The lowest BCUT2D eigenvalue weighted by Gasteiger charge is -2.67. The molecule has 0 spiro atoms. The van der Waals surface area contributed by atoms with Gasteiger partial charge in [-0.2, -0.15) is 0 Å². The molecule has 2 aromatic carbocycles. The first-order chi connectivity index (χ1) is 24.5. The second kappa shape index (κ2) is 13.5. The molecule has 3 fully saturated rings. The molecule has 280 valence electrons. The van der Waals surface area contributed by atoms with Gasteiger partial charge in [-0.3, -0.25) is 14.4 Å². The Labute approximate surface area is 305 Å². The van der Waals surface area contributed by atoms with E-state index in [9.17, 15) is 24.6 Å². The Balaban J connectivity index is 1.53. The first kappa shape index (κ1) is 37.8. The summed E-state index contributed by atoms with van der Waals surface area (Å²) in [5, 5.41) is 28.6. The van der Waals surface area contributed by atoms with Gasteiger partial charge in [0.1, 0.15) is 29.7 Å². The Hall–Kier alpha value is -3.90. The van der Waals surface area contributed by atoms with Crippen LogP contribution in [-0.2, 0) is 33.3 Å². The van der Waals surface area contributed by atoms with Crippen LogP contribution < -0.4 is 5.32 Å². The Morgan fingerprint density at radius 3 is 2.17 bits per heavy atom. The molecule has 1 unspecified atom stereocenters. The van der Waals surface area contributed by atoms with Crippen LogP contribution in [0.1, 0.15) is 83.3 Å². The maximum atomic E-state index is 15.1. The number of aliphatic hydroxyl groups excluding tert-OH is 1. The summed E-state index contributed by atoms with van der Waals surface area (Å²) in [7, 11) is 1.77. The highest BCUT2D eigenvalue weighted by molar-refractivity contribution is 5.92. The average Bonchev–Trinajstić information content (AvgIpc) is 3.10. The fraction of sp³-hybridized carbons (Fsp3) is 0.561. The van der Waals surface area contributed by atoms with Gasteiger partial charge in [0.05, 0.1) is 35.5 Å². The lowest BCUT2D eigenvalue weighted by molar-refractivity contribution is -0.345. The molecule has 3 N–H and O–H groups in total. The van der Waals surface area contributed by atoms with Gasteiger partial charge in [0.2, 0.25) is 0 Å². The molecule has 0 aromatic heterocycles. The van der Waals surface area contributed by atoms with Gasteiger partial charge in [-0.05, 0) is 49.7 Å². The van der Waals surface area contributed by atoms with Crippen LogP contribution in [0.2, 0.25) is 0 Å². The van der Waals surface area contributed by atoms with Crippen LogP contribution in [0, 0.1) is 28.6 Å². The van der Waals surface area contributed by atoms with Crippen molar-refractivity contribution in [3.63, 3.8) is 0 Å². The molecule has 6 rings (SSSR count). The predicted octanol–water partition coefficient (Wildman–Crippen LogP) is 4.50. The largest absolute Gasteiger partial charge is 0.457 e. The Kier molecular flexibility index (Phi) is 9.83. The quantitative estimate of drug-likeness (QED) is 0.201. The third-order valence-electron chi connectivity index (χ3n) is 12.8. The number of ketones is 1. The number of esters is 3. The highest BCUT2D eigenvalue weighted by atomic mass is 16.6. The van der Waals surface area contributed by atoms with E-state index in [-0.39, 0.29) is 36.8 Å². The number of rotatable bonds is 8. The lowest BCUT2D eigenvalue weighted by atomic mass is 9.43. The molecule has 2 bridgehead atoms. The highest BCUT2D eigenvalue weighted by Gasteiger charge is 2.77. The smallest absolute Gasteiger partial charge is 0.338 e. The van der Waals surface area contributed by atoms with Gasteiger partial charge in [0, 0.05) is 37.1 Å². The first-order valence-electron chi connectivity index (χ1n) is 18.1. The third-order valence-corrected chi connectivity index (χ3v) is 12.8. The van der Waals surface area contributed by atoms with Crippen molar-refractivity contribution in [3.8, 4) is 0 Å². The zero-order valence-electron chi connectivity index (χ0n) is 31.2. The standard InChI is InChI=1S/C41H51NO10/c1-22-28(50-36(46)24(3)32(42-8)26-15-11-9-12-16-26)20-41(48)35(51-37(47)27-17-13-10-14-18-27)33-39(7,34(45)23(2)31(22)38(41,5)6)29(44)19-30-40(33,21-49-30)52-25(4)43/h9-18,23-24,28-30,32-33,35,42,44,48H,19-21H2,1-8H3/t23-,24-,28?,29+,30-,32-,33+,35+,39-,40+,41-/m1/s1. The van der Waals surface area contributed by atoms with Crippen LogP contribution in [-0.4, -0.2) is 83.2 Å². The summed E-state index contributed by atoms with van der Waals surface area (Å²) in [6, 6.07) is 17.4. The van der Waals surface area contributed by atoms with E-state index in [1.54, 1.807) is 78.9 Å². The highest BCUT2D eigenvalue weighted by Crippen LogP contribution is 2.65. The van der Waals surface area contributed by atoms with Crippen molar-refractivity contribution in [2.45, 2.75) is 103 Å². The zero-order valence-corrected chi connectivity index (χ0v) is 31.2. The summed E-state index contributed by atoms with van der Waals surface area (Å²) in [6.07, 6.45) is -4.90. The molecule has 2 saturated carbocycles. The van der Waals surface area contributed by atoms with Crippen LogP contribution in [0.4, 0.5) is 0 Å². The summed E-state index contributed by atoms with van der Waals surface area (Å²) < 4.78 is 24.7. The average molecular weight is 718 g/mol. The monoisotopic (exact) mass is 717 g/mol. The molecule has 0 radical (unpaired) electrons. The number of hydrogen-bond donors (Lipinski definition) is 3. The normalized spacial score (nSPS) is 36.1. The third kappa shape index (κ3) is 5.63. The number of nitrogens with one attached hydrogen (secondary N) is 1. The number of ether oxygens (including phenoxy) is 4. The van der Waals surface area contributed by atoms with Crippen molar-refractivity contribution >= 4 is 23.7 Å². The van der Waals surface area contributed by atoms with Crippen molar-refractivity contribution in [1.82, 2.24) is 5.32 Å². The summed E-state index contributed by atoms with van der Waals surface area (Å²) >= 11 is 0. The van der Waals surface area contributed by atoms with Gasteiger partial charge in [-0.1, -0.05) is 76.2 Å². The van der Waals surface area contributed by atoms with E-state index in [0.29, 0.717) is 11.1 Å². The van der Waals surface area contributed by atoms with Crippen LogP contribution in [0.5, 0.6) is 0 Å². The van der Waals surface area contributed by atoms with Gasteiger partial charge in [-0.15, -0.1) is 0 Å². The van der Waals surface area contributed by atoms with Gasteiger partial charge in [0.15, 0.2) is 5.60 Å². The maximum absolute atomic E-state index is 15.1. The number of Topliss-reactive ketones (excluding diaryl/α,β-unsaturated/α-hetero) is 1. The number of benzene rings is 2. The van der Waals surface area contributed by atoms with Gasteiger partial charge >= 0.3 is 17.9 Å². The summed E-state index contributed by atoms with van der Waals surface area (Å²) in [4.78, 5) is 56.1. The molecule has 0 amide bonds. The summed E-state index contributed by atoms with van der Waals surface area (Å²) in [5.74, 6) is -5.09. The number of carbonyl (C=O) groups excluding carboxylic acids is 4. The van der Waals surface area contributed by atoms with Crippen molar-refractivity contribution in [3.05, 3.63) is 82.9 Å². The van der Waals surface area contributed by atoms with E-state index in [1.165, 1.54) is 6.92 Å². The minimum atomic E-state index is -2.02. The fourth-order valence-electron chi connectivity index (χ4n) is 10.0. The molecule has 1 heterocycles. The van der Waals surface area contributed by atoms with E-state index < -0.39 is 82.1 Å². The molecule has 2 aromatic rings. The predicted molar refractivity (Wildman–Crippen MR) is 190 cm³/mol. The van der Waals surface area contributed by atoms with E-state index in [0.717, 1.165) is 5.56 Å². The van der Waals surface area contributed by atoms with Crippen LogP contribution in [0.3, 0.4) is 0 Å². The van der Waals surface area contributed by atoms with Gasteiger partial charge in [-0.25, -0.2) is 4.79 Å². The second-order valence-electron chi connectivity index (χ2n) is 15.9. The van der Waals surface area contributed by atoms with E-state index in [4.69, 9.17) is 18.9 Å². The Bertz CT molecular complexity index is 1760. The molecule has 3 aliphatic carbocycles. The molecule has 1 aliphatic heterocycles. The van der Waals surface area contributed by atoms with Crippen molar-refractivity contribution in [2.75, 3.05) is 13.7 Å². The molecule has 11 heteroatoms. The minimum absolute atomic E-state index is 0.00981. The molecule has 4 aliphatic rings. The van der Waals surface area contributed by atoms with Gasteiger partial charge < -0.3 is 34.5 Å². The summed E-state index contributed by atoms with van der Waals surface area (Å²) in [6.45, 7) is 11.6. The van der Waals surface area contributed by atoms with E-state index >= 15 is 4.79 Å². The number of aliphatic hydroxyl groups is 2. The molecule has 11 atom stereocenters. The summed E-state index contributed by atoms with van der Waals surface area (Å²) in [5.41, 5.74) is -4.22. The minimum Gasteiger partial charge on any atom is -0.457 e. The molecular formula is C41H51NO10. The van der Waals surface area contributed by atoms with Crippen molar-refractivity contribution in [2.24, 2.45) is 28.6 Å². The topological polar surface area (TPSA) is 158 Å². The molecular weight excluding hydrogens is 666 g/mol. The Morgan fingerprint density at radius 2 is 1.62 bits per heavy atom. The van der Waals surface area contributed by atoms with Crippen LogP contribution in [0.25, 0.3) is 0 Å². The first-order valence-corrected chi connectivity index (χ1v) is 18.1. The molecule has 1 saturated heterocycles. The number of carbonyl (C=O) groups is 4. The zero-order chi connectivity index (χ0) is 38.0. The molecule has 52 heavy (non-hydrogen) atoms. The molecule has 11 nitrogen and oxygen atoms in total. The van der Waals surface area contributed by atoms with Crippen molar-refractivity contribution < 1.29 is 48.3 Å². The van der Waals surface area contributed by atoms with Crippen LogP contribution >= 0.6 is 0 Å². The second-order valence-corrected chi connectivity index (χ2v) is 15.9. The fourth-order valence-corrected chi connectivity index (χ4v) is 10.0. The van der Waals surface area contributed by atoms with Crippen LogP contribution in [0.15, 0.2) is 71.8 Å². The van der Waals surface area contributed by atoms with E-state index in [1.807, 2.05) is 30.3 Å². The Morgan fingerprint density at radius 1 is 1.00 bits per heavy atom. The lowest BCUT2D eigenvalue weighted by Crippen LogP contribution is -2.81. The number of fused-ring (bicyclic) bond motifs is 5. The maximum Gasteiger partial charge on any atom is 0.338 e. The SMILES string of the molecule is CN[C@@H](c1ccccc1)[C@@H](C)C(=O)OC1C[C@@]2(O)[C@@H](OC(=O)c3ccccc3)[C@@H]3[C@]4(OC(C)=O)CO[C@@H]4C[C@H](O)[C@@]3(C)C(=O)[C@H](C)C(=C1C)C2(C)C.